The van der Waals surface area contributed by atoms with Gasteiger partial charge in [0.1, 0.15) is 12.4 Å². The van der Waals surface area contributed by atoms with Crippen LogP contribution in [0.2, 0.25) is 0 Å². The molecule has 1 N–H and O–H groups in total. The molecule has 0 aliphatic heterocycles. The predicted molar refractivity (Wildman–Crippen MR) is 47.4 cm³/mol. The molecule has 1 aliphatic rings. The van der Waals surface area contributed by atoms with Crippen LogP contribution in [0.3, 0.4) is 0 Å². The summed E-state index contributed by atoms with van der Waals surface area (Å²) in [5.41, 5.74) is 2.36. The SMILES string of the molecule is OCCOC1=Cc2ccccc21. The average molecular weight is 162 g/mol. The third-order valence-electron chi connectivity index (χ3n) is 1.86. The molecule has 2 heteroatoms. The fraction of sp³-hybridized carbons (Fsp3) is 0.200. The van der Waals surface area contributed by atoms with Gasteiger partial charge in [0.15, 0.2) is 0 Å². The highest BCUT2D eigenvalue weighted by molar-refractivity contribution is 5.91. The maximum Gasteiger partial charge on any atom is 0.127 e. The highest BCUT2D eigenvalue weighted by Gasteiger charge is 2.15. The second kappa shape index (κ2) is 2.99. The minimum absolute atomic E-state index is 0.0690. The first-order chi connectivity index (χ1) is 5.92. The summed E-state index contributed by atoms with van der Waals surface area (Å²) >= 11 is 0. The Balaban J connectivity index is 2.07. The highest BCUT2D eigenvalue weighted by Crippen LogP contribution is 2.32. The van der Waals surface area contributed by atoms with Gasteiger partial charge in [0.2, 0.25) is 0 Å². The molecule has 0 unspecified atom stereocenters. The Labute approximate surface area is 71.1 Å². The number of benzene rings is 1. The van der Waals surface area contributed by atoms with Gasteiger partial charge in [-0.2, -0.15) is 0 Å². The van der Waals surface area contributed by atoms with Gasteiger partial charge in [-0.15, -0.1) is 0 Å². The number of rotatable bonds is 3. The molecule has 0 saturated carbocycles. The molecule has 0 saturated heterocycles. The van der Waals surface area contributed by atoms with Crippen molar-refractivity contribution < 1.29 is 9.84 Å². The van der Waals surface area contributed by atoms with Gasteiger partial charge < -0.3 is 9.84 Å². The summed E-state index contributed by atoms with van der Waals surface area (Å²) in [5.74, 6) is 0.889. The zero-order chi connectivity index (χ0) is 8.39. The summed E-state index contributed by atoms with van der Waals surface area (Å²) in [6.07, 6.45) is 1.98. The van der Waals surface area contributed by atoms with Crippen LogP contribution in [0.4, 0.5) is 0 Å². The topological polar surface area (TPSA) is 29.5 Å². The molecular formula is C10H10O2. The zero-order valence-electron chi connectivity index (χ0n) is 6.66. The standard InChI is InChI=1S/C10H10O2/c11-5-6-12-10-7-8-3-1-2-4-9(8)10/h1-4,7,11H,5-6H2. The van der Waals surface area contributed by atoms with E-state index >= 15 is 0 Å². The first kappa shape index (κ1) is 7.37. The molecule has 0 spiro atoms. The van der Waals surface area contributed by atoms with Crippen LogP contribution in [0.5, 0.6) is 0 Å². The van der Waals surface area contributed by atoms with E-state index in [4.69, 9.17) is 9.84 Å². The molecule has 62 valence electrons. The first-order valence-corrected chi connectivity index (χ1v) is 3.96. The lowest BCUT2D eigenvalue weighted by atomic mass is 9.96. The van der Waals surface area contributed by atoms with E-state index in [-0.39, 0.29) is 6.61 Å². The summed E-state index contributed by atoms with van der Waals surface area (Å²) in [6.45, 7) is 0.444. The van der Waals surface area contributed by atoms with Crippen LogP contribution in [0, 0.1) is 0 Å². The summed E-state index contributed by atoms with van der Waals surface area (Å²) in [6, 6.07) is 8.04. The first-order valence-electron chi connectivity index (χ1n) is 3.96. The summed E-state index contributed by atoms with van der Waals surface area (Å²) in [7, 11) is 0. The fourth-order valence-corrected chi connectivity index (χ4v) is 1.26. The van der Waals surface area contributed by atoms with Crippen molar-refractivity contribution in [2.75, 3.05) is 13.2 Å². The molecule has 0 bridgehead atoms. The molecule has 1 aliphatic carbocycles. The molecule has 0 heterocycles. The quantitative estimate of drug-likeness (QED) is 0.730. The molecular weight excluding hydrogens is 152 g/mol. The second-order valence-corrected chi connectivity index (χ2v) is 2.67. The van der Waals surface area contributed by atoms with E-state index in [1.165, 1.54) is 5.56 Å². The number of hydrogen-bond acceptors (Lipinski definition) is 2. The number of fused-ring (bicyclic) bond motifs is 1. The molecule has 2 nitrogen and oxygen atoms in total. The molecule has 0 radical (unpaired) electrons. The van der Waals surface area contributed by atoms with Gasteiger partial charge in [0.25, 0.3) is 0 Å². The maximum absolute atomic E-state index is 8.53. The van der Waals surface area contributed by atoms with Crippen molar-refractivity contribution in [1.82, 2.24) is 0 Å². The van der Waals surface area contributed by atoms with Crippen molar-refractivity contribution in [1.29, 1.82) is 0 Å². The average Bonchev–Trinajstić information content (AvgIpc) is 2.07. The molecule has 12 heavy (non-hydrogen) atoms. The smallest absolute Gasteiger partial charge is 0.127 e. The van der Waals surface area contributed by atoms with E-state index in [1.54, 1.807) is 0 Å². The summed E-state index contributed by atoms with van der Waals surface area (Å²) in [4.78, 5) is 0. The molecule has 0 fully saturated rings. The van der Waals surface area contributed by atoms with Gasteiger partial charge >= 0.3 is 0 Å². The van der Waals surface area contributed by atoms with Crippen LogP contribution in [0.25, 0.3) is 11.8 Å². The lowest BCUT2D eigenvalue weighted by Gasteiger charge is -2.19. The Bertz CT molecular complexity index is 315. The number of ether oxygens (including phenoxy) is 1. The Kier molecular flexibility index (Phi) is 1.84. The van der Waals surface area contributed by atoms with Gasteiger partial charge in [-0.05, 0) is 11.6 Å². The molecule has 1 aromatic carbocycles. The lowest BCUT2D eigenvalue weighted by molar-refractivity contribution is 0.180. The van der Waals surface area contributed by atoms with Crippen LogP contribution in [-0.4, -0.2) is 18.3 Å². The van der Waals surface area contributed by atoms with Crippen LogP contribution < -0.4 is 0 Å². The summed E-state index contributed by atoms with van der Waals surface area (Å²) in [5, 5.41) is 8.53. The molecule has 1 aromatic rings. The van der Waals surface area contributed by atoms with E-state index in [0.717, 1.165) is 11.3 Å². The van der Waals surface area contributed by atoms with Crippen molar-refractivity contribution in [3.8, 4) is 0 Å². The summed E-state index contributed by atoms with van der Waals surface area (Å²) < 4.78 is 5.26. The van der Waals surface area contributed by atoms with Crippen LogP contribution >= 0.6 is 0 Å². The van der Waals surface area contributed by atoms with Gasteiger partial charge in [-0.1, -0.05) is 24.3 Å². The van der Waals surface area contributed by atoms with Crippen LogP contribution in [0.1, 0.15) is 11.1 Å². The molecule has 0 amide bonds. The van der Waals surface area contributed by atoms with Crippen LogP contribution in [0.15, 0.2) is 24.3 Å². The minimum Gasteiger partial charge on any atom is -0.491 e. The number of aliphatic hydroxyl groups excluding tert-OH is 1. The fourth-order valence-electron chi connectivity index (χ4n) is 1.26. The van der Waals surface area contributed by atoms with E-state index in [0.29, 0.717) is 6.61 Å². The normalized spacial score (nSPS) is 12.9. The molecule has 0 aromatic heterocycles. The van der Waals surface area contributed by atoms with E-state index in [9.17, 15) is 0 Å². The van der Waals surface area contributed by atoms with Crippen LogP contribution in [-0.2, 0) is 4.74 Å². The maximum atomic E-state index is 8.53. The highest BCUT2D eigenvalue weighted by atomic mass is 16.5. The van der Waals surface area contributed by atoms with Gasteiger partial charge in [0.05, 0.1) is 6.61 Å². The zero-order valence-corrected chi connectivity index (χ0v) is 6.66. The monoisotopic (exact) mass is 162 g/mol. The minimum atomic E-state index is 0.0690. The number of hydrogen-bond donors (Lipinski definition) is 1. The Hall–Kier alpha value is -1.28. The van der Waals surface area contributed by atoms with Gasteiger partial charge in [0, 0.05) is 5.56 Å². The van der Waals surface area contributed by atoms with Crippen molar-refractivity contribution in [3.63, 3.8) is 0 Å². The van der Waals surface area contributed by atoms with E-state index in [1.807, 2.05) is 30.3 Å². The van der Waals surface area contributed by atoms with Crippen molar-refractivity contribution in [2.45, 2.75) is 0 Å². The third kappa shape index (κ3) is 1.10. The van der Waals surface area contributed by atoms with Gasteiger partial charge in [-0.3, -0.25) is 0 Å². The molecule has 0 atom stereocenters. The second-order valence-electron chi connectivity index (χ2n) is 2.67. The largest absolute Gasteiger partial charge is 0.491 e. The van der Waals surface area contributed by atoms with Crippen molar-refractivity contribution >= 4 is 11.8 Å². The predicted octanol–water partition coefficient (Wildman–Crippen LogP) is 1.51. The van der Waals surface area contributed by atoms with Crippen molar-refractivity contribution in [3.05, 3.63) is 35.4 Å². The molecule has 2 rings (SSSR count). The van der Waals surface area contributed by atoms with Crippen molar-refractivity contribution in [2.24, 2.45) is 0 Å². The Morgan fingerprint density at radius 3 is 2.83 bits per heavy atom. The van der Waals surface area contributed by atoms with Gasteiger partial charge in [-0.25, -0.2) is 0 Å². The Morgan fingerprint density at radius 2 is 2.08 bits per heavy atom. The van der Waals surface area contributed by atoms with E-state index in [2.05, 4.69) is 0 Å². The Morgan fingerprint density at radius 1 is 1.25 bits per heavy atom. The van der Waals surface area contributed by atoms with E-state index < -0.39 is 0 Å². The number of aliphatic hydroxyl groups is 1. The third-order valence-corrected chi connectivity index (χ3v) is 1.86. The lowest BCUT2D eigenvalue weighted by Crippen LogP contribution is -2.05.